The molecule has 2 aromatic rings. The standard InChI is InChI=1S/C16H16N2O2/c1-11(16(19)20-2)7-8-15(17)14-10-18-9-12-5-3-4-6-13(12)14/h3-11,17H,1-2H3/b8-7-,17-15?. The molecular weight excluding hydrogens is 252 g/mol. The second kappa shape index (κ2) is 6.10. The highest BCUT2D eigenvalue weighted by Crippen LogP contribution is 2.18. The van der Waals surface area contributed by atoms with Crippen molar-refractivity contribution in [1.29, 1.82) is 5.41 Å². The zero-order chi connectivity index (χ0) is 14.5. The molecule has 0 saturated heterocycles. The lowest BCUT2D eigenvalue weighted by Gasteiger charge is -2.06. The van der Waals surface area contributed by atoms with E-state index in [9.17, 15) is 4.79 Å². The number of methoxy groups -OCH3 is 1. The number of carbonyl (C=O) groups is 1. The number of benzene rings is 1. The Hall–Kier alpha value is -2.49. The van der Waals surface area contributed by atoms with Gasteiger partial charge < -0.3 is 10.1 Å². The van der Waals surface area contributed by atoms with Gasteiger partial charge in [0.05, 0.1) is 18.7 Å². The Morgan fingerprint density at radius 2 is 2.10 bits per heavy atom. The molecule has 0 fully saturated rings. The number of nitrogens with zero attached hydrogens (tertiary/aromatic N) is 1. The average molecular weight is 268 g/mol. The monoisotopic (exact) mass is 268 g/mol. The van der Waals surface area contributed by atoms with Crippen molar-refractivity contribution in [3.63, 3.8) is 0 Å². The Bertz CT molecular complexity index is 672. The van der Waals surface area contributed by atoms with Crippen molar-refractivity contribution < 1.29 is 9.53 Å². The van der Waals surface area contributed by atoms with Crippen LogP contribution in [0.2, 0.25) is 0 Å². The molecule has 0 amide bonds. The summed E-state index contributed by atoms with van der Waals surface area (Å²) in [6, 6.07) is 7.78. The molecule has 4 heteroatoms. The smallest absolute Gasteiger partial charge is 0.312 e. The van der Waals surface area contributed by atoms with Gasteiger partial charge in [0.1, 0.15) is 0 Å². The van der Waals surface area contributed by atoms with Crippen molar-refractivity contribution in [2.45, 2.75) is 6.92 Å². The van der Waals surface area contributed by atoms with Crippen molar-refractivity contribution in [2.75, 3.05) is 7.11 Å². The van der Waals surface area contributed by atoms with E-state index in [-0.39, 0.29) is 11.9 Å². The van der Waals surface area contributed by atoms with E-state index in [2.05, 4.69) is 9.72 Å². The zero-order valence-corrected chi connectivity index (χ0v) is 11.5. The number of pyridine rings is 1. The Morgan fingerprint density at radius 1 is 1.35 bits per heavy atom. The fraction of sp³-hybridized carbons (Fsp3) is 0.188. The molecule has 1 unspecified atom stereocenters. The fourth-order valence-corrected chi connectivity index (χ4v) is 1.93. The van der Waals surface area contributed by atoms with Gasteiger partial charge in [0.25, 0.3) is 0 Å². The molecule has 0 bridgehead atoms. The summed E-state index contributed by atoms with van der Waals surface area (Å²) >= 11 is 0. The van der Waals surface area contributed by atoms with E-state index in [1.807, 2.05) is 24.3 Å². The molecular formula is C16H16N2O2. The van der Waals surface area contributed by atoms with Crippen LogP contribution in [-0.4, -0.2) is 23.8 Å². The molecule has 2 rings (SSSR count). The number of hydrogen-bond acceptors (Lipinski definition) is 4. The minimum absolute atomic E-state index is 0.315. The molecule has 1 aromatic heterocycles. The molecule has 1 N–H and O–H groups in total. The van der Waals surface area contributed by atoms with Crippen molar-refractivity contribution in [1.82, 2.24) is 4.98 Å². The van der Waals surface area contributed by atoms with Crippen LogP contribution in [0.25, 0.3) is 10.8 Å². The van der Waals surface area contributed by atoms with Gasteiger partial charge >= 0.3 is 5.97 Å². The number of rotatable bonds is 4. The van der Waals surface area contributed by atoms with Crippen LogP contribution >= 0.6 is 0 Å². The van der Waals surface area contributed by atoms with E-state index >= 15 is 0 Å². The quantitative estimate of drug-likeness (QED) is 0.685. The third kappa shape index (κ3) is 2.91. The highest BCUT2D eigenvalue weighted by atomic mass is 16.5. The fourth-order valence-electron chi connectivity index (χ4n) is 1.93. The predicted molar refractivity (Wildman–Crippen MR) is 78.9 cm³/mol. The molecule has 0 aliphatic heterocycles. The lowest BCUT2D eigenvalue weighted by atomic mass is 10.0. The highest BCUT2D eigenvalue weighted by Gasteiger charge is 2.10. The van der Waals surface area contributed by atoms with Crippen LogP contribution < -0.4 is 0 Å². The number of fused-ring (bicyclic) bond motifs is 1. The minimum atomic E-state index is -0.372. The van der Waals surface area contributed by atoms with Crippen LogP contribution in [0.3, 0.4) is 0 Å². The number of carbonyl (C=O) groups excluding carboxylic acids is 1. The van der Waals surface area contributed by atoms with Gasteiger partial charge in [-0.25, -0.2) is 0 Å². The van der Waals surface area contributed by atoms with Crippen molar-refractivity contribution >= 4 is 22.5 Å². The van der Waals surface area contributed by atoms with E-state index in [1.165, 1.54) is 7.11 Å². The highest BCUT2D eigenvalue weighted by molar-refractivity contribution is 6.14. The second-order valence-electron chi connectivity index (χ2n) is 4.49. The normalized spacial score (nSPS) is 12.5. The third-order valence-electron chi connectivity index (χ3n) is 3.08. The van der Waals surface area contributed by atoms with Crippen LogP contribution in [0.5, 0.6) is 0 Å². The number of esters is 1. The number of aromatic nitrogens is 1. The second-order valence-corrected chi connectivity index (χ2v) is 4.49. The SMILES string of the molecule is COC(=O)C(C)/C=C\C(=N)c1cncc2ccccc12. The van der Waals surface area contributed by atoms with Gasteiger partial charge in [0.2, 0.25) is 0 Å². The first-order chi connectivity index (χ1) is 9.63. The molecule has 0 saturated carbocycles. The molecule has 1 atom stereocenters. The third-order valence-corrected chi connectivity index (χ3v) is 3.08. The topological polar surface area (TPSA) is 63.0 Å². The van der Waals surface area contributed by atoms with Gasteiger partial charge in [-0.1, -0.05) is 30.3 Å². The van der Waals surface area contributed by atoms with Gasteiger partial charge in [-0.15, -0.1) is 0 Å². The zero-order valence-electron chi connectivity index (χ0n) is 11.5. The number of ether oxygens (including phenoxy) is 1. The number of nitrogens with one attached hydrogen (secondary N) is 1. The summed E-state index contributed by atoms with van der Waals surface area (Å²) in [6.45, 7) is 1.73. The summed E-state index contributed by atoms with van der Waals surface area (Å²) < 4.78 is 4.65. The summed E-state index contributed by atoms with van der Waals surface area (Å²) in [5.74, 6) is -0.687. The summed E-state index contributed by atoms with van der Waals surface area (Å²) in [5.41, 5.74) is 1.07. The molecule has 0 aliphatic rings. The first-order valence-corrected chi connectivity index (χ1v) is 6.31. The van der Waals surface area contributed by atoms with E-state index < -0.39 is 0 Å². The summed E-state index contributed by atoms with van der Waals surface area (Å²) in [4.78, 5) is 15.5. The van der Waals surface area contributed by atoms with Gasteiger partial charge in [0, 0.05) is 23.3 Å². The average Bonchev–Trinajstić information content (AvgIpc) is 2.50. The minimum Gasteiger partial charge on any atom is -0.469 e. The van der Waals surface area contributed by atoms with E-state index in [1.54, 1.807) is 31.5 Å². The van der Waals surface area contributed by atoms with Gasteiger partial charge in [-0.2, -0.15) is 0 Å². The lowest BCUT2D eigenvalue weighted by molar-refractivity contribution is -0.143. The molecule has 0 radical (unpaired) electrons. The van der Waals surface area contributed by atoms with Crippen LogP contribution in [0.4, 0.5) is 0 Å². The van der Waals surface area contributed by atoms with Crippen molar-refractivity contribution in [2.24, 2.45) is 5.92 Å². The number of hydrogen-bond donors (Lipinski definition) is 1. The van der Waals surface area contributed by atoms with Gasteiger partial charge in [-0.05, 0) is 18.4 Å². The molecule has 1 heterocycles. The molecule has 20 heavy (non-hydrogen) atoms. The first kappa shape index (κ1) is 13.9. The number of allylic oxidation sites excluding steroid dienone is 1. The largest absolute Gasteiger partial charge is 0.469 e. The van der Waals surface area contributed by atoms with Gasteiger partial charge in [-0.3, -0.25) is 9.78 Å². The Morgan fingerprint density at radius 3 is 2.85 bits per heavy atom. The van der Waals surface area contributed by atoms with E-state index in [0.717, 1.165) is 16.3 Å². The van der Waals surface area contributed by atoms with Crippen LogP contribution in [0.1, 0.15) is 12.5 Å². The summed E-state index contributed by atoms with van der Waals surface area (Å²) in [5, 5.41) is 10.1. The molecule has 0 spiro atoms. The summed E-state index contributed by atoms with van der Waals surface area (Å²) in [7, 11) is 1.35. The van der Waals surface area contributed by atoms with E-state index in [4.69, 9.17) is 5.41 Å². The Balaban J connectivity index is 2.28. The van der Waals surface area contributed by atoms with Gasteiger partial charge in [0.15, 0.2) is 0 Å². The molecule has 1 aromatic carbocycles. The lowest BCUT2D eigenvalue weighted by Crippen LogP contribution is -2.10. The van der Waals surface area contributed by atoms with Crippen molar-refractivity contribution in [3.05, 3.63) is 54.4 Å². The van der Waals surface area contributed by atoms with Crippen LogP contribution in [-0.2, 0) is 9.53 Å². The van der Waals surface area contributed by atoms with Crippen LogP contribution in [0, 0.1) is 11.3 Å². The van der Waals surface area contributed by atoms with E-state index in [0.29, 0.717) is 5.71 Å². The molecule has 102 valence electrons. The maximum atomic E-state index is 11.3. The predicted octanol–water partition coefficient (Wildman–Crippen LogP) is 2.97. The Kier molecular flexibility index (Phi) is 4.25. The van der Waals surface area contributed by atoms with Crippen LogP contribution in [0.15, 0.2) is 48.8 Å². The van der Waals surface area contributed by atoms with Crippen molar-refractivity contribution in [3.8, 4) is 0 Å². The molecule has 4 nitrogen and oxygen atoms in total. The summed E-state index contributed by atoms with van der Waals surface area (Å²) in [6.07, 6.45) is 6.71. The maximum absolute atomic E-state index is 11.3. The first-order valence-electron chi connectivity index (χ1n) is 6.31. The molecule has 0 aliphatic carbocycles. The maximum Gasteiger partial charge on any atom is 0.312 e. The Labute approximate surface area is 117 Å².